The maximum Gasteiger partial charge on any atom is -0.00262 e. The van der Waals surface area contributed by atoms with Crippen molar-refractivity contribution in [2.24, 2.45) is 0 Å². The molecule has 0 heteroatoms. The molecule has 0 aliphatic rings. The molecule has 0 heterocycles. The van der Waals surface area contributed by atoms with E-state index in [2.05, 4.69) is 255 Å². The first-order valence-electron chi connectivity index (χ1n) is 22.2. The second-order valence-corrected chi connectivity index (χ2v) is 16.7. The Bertz CT molecular complexity index is 3310. The summed E-state index contributed by atoms with van der Waals surface area (Å²) in [6.07, 6.45) is 0. The van der Waals surface area contributed by atoms with Gasteiger partial charge in [0.1, 0.15) is 0 Å². The third-order valence-corrected chi connectivity index (χ3v) is 13.1. The second kappa shape index (κ2) is 15.9. The molecule has 0 bridgehead atoms. The lowest BCUT2D eigenvalue weighted by Crippen LogP contribution is -1.91. The quantitative estimate of drug-likeness (QED) is 0.141. The van der Waals surface area contributed by atoms with Crippen LogP contribution in [0.5, 0.6) is 0 Å². The van der Waals surface area contributed by atoms with E-state index in [1.807, 2.05) is 0 Å². The van der Waals surface area contributed by atoms with E-state index in [1.165, 1.54) is 121 Å². The van der Waals surface area contributed by atoms with Crippen LogP contribution in [0.3, 0.4) is 0 Å². The van der Waals surface area contributed by atoms with Gasteiger partial charge in [-0.3, -0.25) is 0 Å². The second-order valence-electron chi connectivity index (χ2n) is 16.7. The fourth-order valence-electron chi connectivity index (χ4n) is 10.1. The lowest BCUT2D eigenvalue weighted by molar-refractivity contribution is 1.57. The summed E-state index contributed by atoms with van der Waals surface area (Å²) >= 11 is 0. The fourth-order valence-corrected chi connectivity index (χ4v) is 10.1. The highest BCUT2D eigenvalue weighted by molar-refractivity contribution is 6.23. The normalized spacial score (nSPS) is 11.4. The lowest BCUT2D eigenvalue weighted by Gasteiger charge is -2.18. The first kappa shape index (κ1) is 37.4. The third kappa shape index (κ3) is 6.48. The zero-order valence-electron chi connectivity index (χ0n) is 35.2. The molecular weight excluding hydrogens is 769 g/mol. The molecule has 0 unspecified atom stereocenters. The zero-order chi connectivity index (χ0) is 42.4. The Hall–Kier alpha value is -8.32. The highest BCUT2D eigenvalue weighted by Crippen LogP contribution is 2.46. The molecule has 0 atom stereocenters. The van der Waals surface area contributed by atoms with Gasteiger partial charge in [-0.15, -0.1) is 0 Å². The first-order valence-corrected chi connectivity index (χ1v) is 22.2. The summed E-state index contributed by atoms with van der Waals surface area (Å²) in [4.78, 5) is 0. The maximum atomic E-state index is 2.36. The molecule has 0 spiro atoms. The van der Waals surface area contributed by atoms with Crippen LogP contribution >= 0.6 is 0 Å². The van der Waals surface area contributed by atoms with Gasteiger partial charge in [0.25, 0.3) is 0 Å². The largest absolute Gasteiger partial charge is 0.0622 e. The molecule has 12 rings (SSSR count). The fraction of sp³-hybridized carbons (Fsp3) is 0. The van der Waals surface area contributed by atoms with Gasteiger partial charge in [0, 0.05) is 0 Å². The van der Waals surface area contributed by atoms with E-state index in [4.69, 9.17) is 0 Å². The maximum absolute atomic E-state index is 2.36. The smallest absolute Gasteiger partial charge is 0.00262 e. The molecular formula is C64H42. The molecule has 0 saturated heterocycles. The van der Waals surface area contributed by atoms with E-state index in [-0.39, 0.29) is 0 Å². The van der Waals surface area contributed by atoms with Gasteiger partial charge >= 0.3 is 0 Å². The average Bonchev–Trinajstić information content (AvgIpc) is 3.38. The predicted octanol–water partition coefficient (Wildman–Crippen LogP) is 18.0. The minimum atomic E-state index is 1.20. The van der Waals surface area contributed by atoms with E-state index in [1.54, 1.807) is 0 Å². The van der Waals surface area contributed by atoms with Crippen LogP contribution in [0.1, 0.15) is 0 Å². The minimum absolute atomic E-state index is 1.20. The third-order valence-electron chi connectivity index (χ3n) is 13.1. The Morgan fingerprint density at radius 2 is 0.328 bits per heavy atom. The number of rotatable bonds is 7. The van der Waals surface area contributed by atoms with Gasteiger partial charge in [0.2, 0.25) is 0 Å². The summed E-state index contributed by atoms with van der Waals surface area (Å²) in [5.74, 6) is 0. The minimum Gasteiger partial charge on any atom is -0.0622 e. The van der Waals surface area contributed by atoms with Gasteiger partial charge in [-0.25, -0.2) is 0 Å². The van der Waals surface area contributed by atoms with Crippen molar-refractivity contribution >= 4 is 43.1 Å². The topological polar surface area (TPSA) is 0 Å². The van der Waals surface area contributed by atoms with Crippen LogP contribution in [0.25, 0.3) is 121 Å². The van der Waals surface area contributed by atoms with Crippen LogP contribution in [0.2, 0.25) is 0 Å². The Balaban J connectivity index is 0.864. The summed E-state index contributed by atoms with van der Waals surface area (Å²) in [5.41, 5.74) is 17.3. The van der Waals surface area contributed by atoms with Crippen molar-refractivity contribution in [3.05, 3.63) is 255 Å². The molecule has 0 fully saturated rings. The predicted molar refractivity (Wildman–Crippen MR) is 275 cm³/mol. The van der Waals surface area contributed by atoms with Crippen molar-refractivity contribution < 1.29 is 0 Å². The van der Waals surface area contributed by atoms with Crippen LogP contribution in [0.15, 0.2) is 255 Å². The standard InChI is InChI=1S/C64H42/c1-3-17-47(18-4-1)61-53-25-7-11-29-57(53)63(58-30-12-8-26-54(58)61)51-23-15-21-49(41-51)45-37-33-43(34-38-45)44-35-39-46(40-36-44)50-22-16-24-52(42-50)64-59-31-13-9-27-55(59)62(48-19-5-2-6-20-48)56-28-10-14-32-60(56)64/h1-42H. The van der Waals surface area contributed by atoms with E-state index in [9.17, 15) is 0 Å². The molecule has 0 N–H and O–H groups in total. The van der Waals surface area contributed by atoms with Crippen molar-refractivity contribution in [1.82, 2.24) is 0 Å². The first-order chi connectivity index (χ1) is 31.8. The Morgan fingerprint density at radius 3 is 0.609 bits per heavy atom. The summed E-state index contributed by atoms with van der Waals surface area (Å²) < 4.78 is 0. The number of fused-ring (bicyclic) bond motifs is 4. The highest BCUT2D eigenvalue weighted by Gasteiger charge is 2.18. The van der Waals surface area contributed by atoms with Crippen molar-refractivity contribution in [1.29, 1.82) is 0 Å². The Labute approximate surface area is 374 Å². The van der Waals surface area contributed by atoms with Crippen LogP contribution in [0.4, 0.5) is 0 Å². The van der Waals surface area contributed by atoms with E-state index in [0.717, 1.165) is 0 Å². The number of benzene rings is 12. The van der Waals surface area contributed by atoms with Gasteiger partial charge in [-0.2, -0.15) is 0 Å². The highest BCUT2D eigenvalue weighted by atomic mass is 14.2. The molecule has 0 nitrogen and oxygen atoms in total. The van der Waals surface area contributed by atoms with Gasteiger partial charge in [0.05, 0.1) is 0 Å². The molecule has 0 amide bonds. The zero-order valence-corrected chi connectivity index (χ0v) is 35.2. The van der Waals surface area contributed by atoms with Crippen LogP contribution in [-0.4, -0.2) is 0 Å². The lowest BCUT2D eigenvalue weighted by atomic mass is 9.85. The molecule has 12 aromatic rings. The monoisotopic (exact) mass is 810 g/mol. The summed E-state index contributed by atoms with van der Waals surface area (Å²) in [7, 11) is 0. The van der Waals surface area contributed by atoms with Gasteiger partial charge in [-0.05, 0) is 133 Å². The summed E-state index contributed by atoms with van der Waals surface area (Å²) in [6, 6.07) is 93.3. The molecule has 0 aliphatic heterocycles. The van der Waals surface area contributed by atoms with E-state index >= 15 is 0 Å². The van der Waals surface area contributed by atoms with Crippen molar-refractivity contribution in [3.8, 4) is 77.9 Å². The Kier molecular flexibility index (Phi) is 9.28. The molecule has 0 aliphatic carbocycles. The van der Waals surface area contributed by atoms with Crippen molar-refractivity contribution in [2.45, 2.75) is 0 Å². The number of hydrogen-bond donors (Lipinski definition) is 0. The number of hydrogen-bond acceptors (Lipinski definition) is 0. The van der Waals surface area contributed by atoms with Gasteiger partial charge in [-0.1, -0.05) is 243 Å². The molecule has 64 heavy (non-hydrogen) atoms. The van der Waals surface area contributed by atoms with Crippen LogP contribution in [-0.2, 0) is 0 Å². The van der Waals surface area contributed by atoms with Gasteiger partial charge < -0.3 is 0 Å². The van der Waals surface area contributed by atoms with E-state index < -0.39 is 0 Å². The molecule has 12 aromatic carbocycles. The average molecular weight is 811 g/mol. The van der Waals surface area contributed by atoms with E-state index in [0.29, 0.717) is 0 Å². The molecule has 298 valence electrons. The van der Waals surface area contributed by atoms with Crippen molar-refractivity contribution in [3.63, 3.8) is 0 Å². The van der Waals surface area contributed by atoms with Gasteiger partial charge in [0.15, 0.2) is 0 Å². The van der Waals surface area contributed by atoms with Crippen LogP contribution in [0, 0.1) is 0 Å². The molecule has 0 radical (unpaired) electrons. The Morgan fingerprint density at radius 1 is 0.125 bits per heavy atom. The molecule has 0 saturated carbocycles. The van der Waals surface area contributed by atoms with Crippen LogP contribution < -0.4 is 0 Å². The van der Waals surface area contributed by atoms with Crippen molar-refractivity contribution in [2.75, 3.05) is 0 Å². The summed E-state index contributed by atoms with van der Waals surface area (Å²) in [6.45, 7) is 0. The molecule has 0 aromatic heterocycles. The summed E-state index contributed by atoms with van der Waals surface area (Å²) in [5, 5.41) is 10.1. The SMILES string of the molecule is c1ccc(-c2c3ccccc3c(-c3cccc(-c4ccc(-c5ccc(-c6cccc(-c7c8ccccc8c(-c8ccccc8)c8ccccc78)c6)cc5)cc4)c3)c3ccccc23)cc1.